The maximum absolute atomic E-state index is 6.55. The molecule has 2 aromatic heterocycles. The van der Waals surface area contributed by atoms with Gasteiger partial charge in [0.2, 0.25) is 0 Å². The van der Waals surface area contributed by atoms with E-state index in [0.717, 1.165) is 44.6 Å². The van der Waals surface area contributed by atoms with Gasteiger partial charge in [0.25, 0.3) is 0 Å². The molecule has 1 aliphatic rings. The molecule has 2 nitrogen and oxygen atoms in total. The van der Waals surface area contributed by atoms with Gasteiger partial charge in [-0.25, -0.2) is 0 Å². The highest BCUT2D eigenvalue weighted by molar-refractivity contribution is 7.26. The summed E-state index contributed by atoms with van der Waals surface area (Å²) in [7, 11) is 0. The Morgan fingerprint density at radius 2 is 1.03 bits per heavy atom. The van der Waals surface area contributed by atoms with Crippen LogP contribution in [0.15, 0.2) is 205 Å². The van der Waals surface area contributed by atoms with Crippen LogP contribution in [0.2, 0.25) is 0 Å². The molecule has 0 aliphatic heterocycles. The van der Waals surface area contributed by atoms with Crippen molar-refractivity contribution in [2.75, 3.05) is 4.90 Å². The van der Waals surface area contributed by atoms with Crippen LogP contribution < -0.4 is 4.90 Å². The Kier molecular flexibility index (Phi) is 7.79. The Balaban J connectivity index is 1.11. The molecule has 0 unspecified atom stereocenters. The smallest absolute Gasteiger partial charge is 0.137 e. The maximum Gasteiger partial charge on any atom is 0.137 e. The van der Waals surface area contributed by atoms with Crippen LogP contribution in [0, 0.1) is 0 Å². The van der Waals surface area contributed by atoms with Gasteiger partial charge in [-0.1, -0.05) is 159 Å². The van der Waals surface area contributed by atoms with Crippen molar-refractivity contribution < 1.29 is 4.42 Å². The number of anilines is 3. The zero-order chi connectivity index (χ0) is 40.0. The Bertz CT molecular complexity index is 3460. The lowest BCUT2D eigenvalue weighted by Gasteiger charge is -2.30. The first-order valence-electron chi connectivity index (χ1n) is 20.7. The van der Waals surface area contributed by atoms with Crippen LogP contribution in [-0.2, 0) is 5.41 Å². The lowest BCUT2D eigenvalue weighted by molar-refractivity contribution is 0.660. The zero-order valence-electron chi connectivity index (χ0n) is 33.3. The van der Waals surface area contributed by atoms with E-state index in [1.54, 1.807) is 0 Å². The van der Waals surface area contributed by atoms with Crippen LogP contribution in [0.1, 0.15) is 25.0 Å². The van der Waals surface area contributed by atoms with Gasteiger partial charge in [0.15, 0.2) is 0 Å². The second-order valence-electron chi connectivity index (χ2n) is 16.4. The zero-order valence-corrected chi connectivity index (χ0v) is 34.1. The van der Waals surface area contributed by atoms with E-state index in [2.05, 4.69) is 213 Å². The number of benzene rings is 9. The van der Waals surface area contributed by atoms with E-state index in [1.165, 1.54) is 70.2 Å². The van der Waals surface area contributed by atoms with Crippen LogP contribution in [0.25, 0.3) is 86.6 Å². The summed E-state index contributed by atoms with van der Waals surface area (Å²) in [4.78, 5) is 2.44. The lowest BCUT2D eigenvalue weighted by atomic mass is 9.82. The summed E-state index contributed by atoms with van der Waals surface area (Å²) >= 11 is 1.87. The summed E-state index contributed by atoms with van der Waals surface area (Å²) in [6.07, 6.45) is 0. The lowest BCUT2D eigenvalue weighted by Crippen LogP contribution is -2.17. The average molecular weight is 786 g/mol. The number of rotatable bonds is 6. The second-order valence-corrected chi connectivity index (χ2v) is 17.5. The summed E-state index contributed by atoms with van der Waals surface area (Å²) in [5, 5.41) is 4.82. The van der Waals surface area contributed by atoms with Crippen LogP contribution in [0.5, 0.6) is 0 Å². The van der Waals surface area contributed by atoms with Crippen molar-refractivity contribution >= 4 is 70.5 Å². The first kappa shape index (κ1) is 34.8. The van der Waals surface area contributed by atoms with E-state index >= 15 is 0 Å². The Labute approximate surface area is 353 Å². The van der Waals surface area contributed by atoms with Crippen LogP contribution in [0.4, 0.5) is 17.1 Å². The van der Waals surface area contributed by atoms with Gasteiger partial charge in [0.05, 0.1) is 5.69 Å². The largest absolute Gasteiger partial charge is 0.456 e. The van der Waals surface area contributed by atoms with Gasteiger partial charge in [-0.3, -0.25) is 0 Å². The number of thiophene rings is 1. The first-order valence-corrected chi connectivity index (χ1v) is 21.5. The highest BCUT2D eigenvalue weighted by Gasteiger charge is 2.36. The molecular formula is C57H39NOS. The van der Waals surface area contributed by atoms with Crippen molar-refractivity contribution in [3.63, 3.8) is 0 Å². The molecule has 0 fully saturated rings. The fraction of sp³-hybridized carbons (Fsp3) is 0.0526. The molecule has 60 heavy (non-hydrogen) atoms. The minimum Gasteiger partial charge on any atom is -0.456 e. The van der Waals surface area contributed by atoms with Gasteiger partial charge in [-0.05, 0) is 98.6 Å². The highest BCUT2D eigenvalue weighted by atomic mass is 32.1. The number of para-hydroxylation sites is 2. The molecule has 0 bridgehead atoms. The fourth-order valence-corrected chi connectivity index (χ4v) is 10.9. The maximum atomic E-state index is 6.55. The predicted octanol–water partition coefficient (Wildman–Crippen LogP) is 16.7. The Hall–Kier alpha value is -7.20. The molecule has 12 rings (SSSR count). The van der Waals surface area contributed by atoms with Gasteiger partial charge in [0.1, 0.15) is 11.2 Å². The van der Waals surface area contributed by atoms with Crippen molar-refractivity contribution in [1.29, 1.82) is 0 Å². The molecule has 1 aliphatic carbocycles. The third kappa shape index (κ3) is 5.33. The monoisotopic (exact) mass is 785 g/mol. The van der Waals surface area contributed by atoms with E-state index in [9.17, 15) is 0 Å². The minimum absolute atomic E-state index is 0.153. The Morgan fingerprint density at radius 3 is 1.90 bits per heavy atom. The van der Waals surface area contributed by atoms with E-state index in [-0.39, 0.29) is 5.41 Å². The number of fused-ring (bicyclic) bond motifs is 9. The van der Waals surface area contributed by atoms with Gasteiger partial charge in [-0.15, -0.1) is 11.3 Å². The molecule has 284 valence electrons. The topological polar surface area (TPSA) is 16.4 Å². The number of nitrogens with zero attached hydrogens (tertiary/aromatic N) is 1. The molecule has 0 amide bonds. The summed E-state index contributed by atoms with van der Waals surface area (Å²) in [6, 6.07) is 73.2. The molecule has 0 spiro atoms. The highest BCUT2D eigenvalue weighted by Crippen LogP contribution is 2.53. The number of hydrogen-bond donors (Lipinski definition) is 0. The van der Waals surface area contributed by atoms with E-state index < -0.39 is 0 Å². The fourth-order valence-electron chi connectivity index (χ4n) is 9.81. The molecule has 2 heterocycles. The molecule has 9 aromatic carbocycles. The summed E-state index contributed by atoms with van der Waals surface area (Å²) in [5.41, 5.74) is 17.4. The van der Waals surface area contributed by atoms with Gasteiger partial charge in [-0.2, -0.15) is 0 Å². The van der Waals surface area contributed by atoms with E-state index in [0.29, 0.717) is 0 Å². The van der Waals surface area contributed by atoms with Crippen molar-refractivity contribution in [3.8, 4) is 44.5 Å². The molecule has 0 saturated carbocycles. The van der Waals surface area contributed by atoms with E-state index in [1.807, 2.05) is 17.4 Å². The molecule has 3 heteroatoms. The predicted molar refractivity (Wildman–Crippen MR) is 255 cm³/mol. The van der Waals surface area contributed by atoms with Crippen molar-refractivity contribution in [3.05, 3.63) is 211 Å². The Morgan fingerprint density at radius 1 is 0.417 bits per heavy atom. The quantitative estimate of drug-likeness (QED) is 0.167. The van der Waals surface area contributed by atoms with Crippen LogP contribution >= 0.6 is 11.3 Å². The third-order valence-electron chi connectivity index (χ3n) is 12.7. The molecule has 0 atom stereocenters. The first-order chi connectivity index (χ1) is 29.5. The summed E-state index contributed by atoms with van der Waals surface area (Å²) < 4.78 is 9.13. The van der Waals surface area contributed by atoms with Gasteiger partial charge >= 0.3 is 0 Å². The van der Waals surface area contributed by atoms with Crippen molar-refractivity contribution in [2.45, 2.75) is 19.3 Å². The SMILES string of the molecule is CC1(C)c2ccccc2-c2ccc(N(c3ccc4c(c3)oc3ccccc34)c3ccccc3-c3ccc4sc5ccccc5c4c3-c3ccc(-c4ccccc4)cc3)cc21. The van der Waals surface area contributed by atoms with Crippen LogP contribution in [0.3, 0.4) is 0 Å². The number of hydrogen-bond acceptors (Lipinski definition) is 3. The van der Waals surface area contributed by atoms with Gasteiger partial charge in [0, 0.05) is 59.4 Å². The molecule has 11 aromatic rings. The summed E-state index contributed by atoms with van der Waals surface area (Å²) in [6.45, 7) is 4.71. The molecular weight excluding hydrogens is 747 g/mol. The summed E-state index contributed by atoms with van der Waals surface area (Å²) in [5.74, 6) is 0. The van der Waals surface area contributed by atoms with Crippen LogP contribution in [-0.4, -0.2) is 0 Å². The molecule has 0 N–H and O–H groups in total. The van der Waals surface area contributed by atoms with Crippen molar-refractivity contribution in [2.24, 2.45) is 0 Å². The minimum atomic E-state index is -0.153. The van der Waals surface area contributed by atoms with Gasteiger partial charge < -0.3 is 9.32 Å². The normalized spacial score (nSPS) is 13.0. The molecule has 0 radical (unpaired) electrons. The van der Waals surface area contributed by atoms with E-state index in [4.69, 9.17) is 4.42 Å². The third-order valence-corrected chi connectivity index (χ3v) is 13.8. The standard InChI is InChI=1S/C57H39NOS/c1-57(2)48-20-10-6-16-41(48)42-30-28-39(34-49(42)57)58(40-29-31-45-44-18-8-12-22-51(44)59-52(45)35-40)50-21-11-7-17-43(50)46-32-33-54-56(47-19-9-13-23-53(47)60-54)55(46)38-26-24-37(25-27-38)36-14-4-3-5-15-36/h3-35H,1-2H3. The number of furan rings is 1. The molecule has 0 saturated heterocycles. The average Bonchev–Trinajstić information content (AvgIpc) is 3.94. The second kappa shape index (κ2) is 13.4. The van der Waals surface area contributed by atoms with Crippen molar-refractivity contribution in [1.82, 2.24) is 0 Å².